The van der Waals surface area contributed by atoms with Crippen molar-refractivity contribution >= 4 is 5.97 Å². The molecule has 0 saturated carbocycles. The van der Waals surface area contributed by atoms with Gasteiger partial charge in [0, 0.05) is 6.42 Å². The van der Waals surface area contributed by atoms with E-state index in [0.717, 1.165) is 0 Å². The molecule has 0 radical (unpaired) electrons. The molecule has 0 spiro atoms. The highest BCUT2D eigenvalue weighted by molar-refractivity contribution is 5.67. The summed E-state index contributed by atoms with van der Waals surface area (Å²) in [7, 11) is 0. The summed E-state index contributed by atoms with van der Waals surface area (Å²) in [6.45, 7) is 1.37. The van der Waals surface area contributed by atoms with Crippen LogP contribution < -0.4 is 0 Å². The molecule has 4 N–H and O–H groups in total. The van der Waals surface area contributed by atoms with Crippen LogP contribution in [0.15, 0.2) is 0 Å². The normalized spacial score (nSPS) is 18.3. The summed E-state index contributed by atoms with van der Waals surface area (Å²) in [5.74, 6) is -1.12. The number of aliphatic hydroxyl groups is 3. The van der Waals surface area contributed by atoms with Crippen LogP contribution in [0.5, 0.6) is 0 Å². The molecule has 0 heterocycles. The summed E-state index contributed by atoms with van der Waals surface area (Å²) >= 11 is 0. The van der Waals surface area contributed by atoms with E-state index in [2.05, 4.69) is 0 Å². The minimum absolute atomic E-state index is 0.121. The fourth-order valence-corrected chi connectivity index (χ4v) is 0.761. The van der Waals surface area contributed by atoms with Crippen LogP contribution in [0.2, 0.25) is 0 Å². The molecular weight excluding hydrogens is 164 g/mol. The van der Waals surface area contributed by atoms with Gasteiger partial charge in [-0.1, -0.05) is 0 Å². The molecule has 5 heteroatoms. The fraction of sp³-hybridized carbons (Fsp3) is 0.857. The highest BCUT2D eigenvalue weighted by Crippen LogP contribution is 2.05. The largest absolute Gasteiger partial charge is 0.481 e. The van der Waals surface area contributed by atoms with E-state index < -0.39 is 30.7 Å². The molecular formula is C7H14O5. The first-order valence-corrected chi connectivity index (χ1v) is 3.69. The SMILES string of the molecule is CC(O)C(O)CC(O)CC(=O)O. The zero-order valence-electron chi connectivity index (χ0n) is 6.84. The molecule has 0 aliphatic rings. The standard InChI is InChI=1S/C7H14O5/c1-4(8)6(10)2-5(9)3-7(11)12/h4-6,8-10H,2-3H2,1H3,(H,11,12). The molecule has 0 bridgehead atoms. The van der Waals surface area contributed by atoms with Crippen molar-refractivity contribution in [2.45, 2.75) is 38.1 Å². The van der Waals surface area contributed by atoms with Crippen molar-refractivity contribution in [1.29, 1.82) is 0 Å². The van der Waals surface area contributed by atoms with Gasteiger partial charge in [-0.25, -0.2) is 0 Å². The van der Waals surface area contributed by atoms with Gasteiger partial charge in [-0.3, -0.25) is 4.79 Å². The molecule has 3 unspecified atom stereocenters. The Balaban J connectivity index is 3.68. The third-order valence-electron chi connectivity index (χ3n) is 1.48. The third-order valence-corrected chi connectivity index (χ3v) is 1.48. The second-order valence-corrected chi connectivity index (χ2v) is 2.80. The predicted molar refractivity (Wildman–Crippen MR) is 40.6 cm³/mol. The topological polar surface area (TPSA) is 98.0 Å². The molecule has 12 heavy (non-hydrogen) atoms. The van der Waals surface area contributed by atoms with Crippen molar-refractivity contribution in [3.05, 3.63) is 0 Å². The Labute approximate surface area is 70.3 Å². The smallest absolute Gasteiger partial charge is 0.305 e. The Morgan fingerprint density at radius 2 is 1.83 bits per heavy atom. The Kier molecular flexibility index (Phi) is 4.80. The van der Waals surface area contributed by atoms with E-state index in [1.807, 2.05) is 0 Å². The molecule has 0 aromatic heterocycles. The van der Waals surface area contributed by atoms with Crippen molar-refractivity contribution in [1.82, 2.24) is 0 Å². The van der Waals surface area contributed by atoms with Crippen LogP contribution in [0, 0.1) is 0 Å². The van der Waals surface area contributed by atoms with Gasteiger partial charge >= 0.3 is 5.97 Å². The quantitative estimate of drug-likeness (QED) is 0.431. The maximum absolute atomic E-state index is 10.1. The van der Waals surface area contributed by atoms with Gasteiger partial charge in [0.05, 0.1) is 24.7 Å². The third kappa shape index (κ3) is 5.06. The van der Waals surface area contributed by atoms with Crippen LogP contribution in [-0.2, 0) is 4.79 Å². The van der Waals surface area contributed by atoms with E-state index in [0.29, 0.717) is 0 Å². The zero-order chi connectivity index (χ0) is 9.72. The van der Waals surface area contributed by atoms with E-state index in [-0.39, 0.29) is 6.42 Å². The Hall–Kier alpha value is -0.650. The van der Waals surface area contributed by atoms with E-state index in [1.165, 1.54) is 6.92 Å². The first kappa shape index (κ1) is 11.4. The van der Waals surface area contributed by atoms with Gasteiger partial charge in [-0.2, -0.15) is 0 Å². The number of rotatable bonds is 5. The molecule has 0 rings (SSSR count). The van der Waals surface area contributed by atoms with Crippen LogP contribution in [0.4, 0.5) is 0 Å². The van der Waals surface area contributed by atoms with Gasteiger partial charge in [-0.05, 0) is 6.92 Å². The minimum Gasteiger partial charge on any atom is -0.481 e. The van der Waals surface area contributed by atoms with Crippen molar-refractivity contribution < 1.29 is 25.2 Å². The molecule has 0 aliphatic carbocycles. The average Bonchev–Trinajstić information content (AvgIpc) is 1.84. The molecule has 0 amide bonds. The first-order valence-electron chi connectivity index (χ1n) is 3.69. The second-order valence-electron chi connectivity index (χ2n) is 2.80. The van der Waals surface area contributed by atoms with Gasteiger partial charge in [0.15, 0.2) is 0 Å². The van der Waals surface area contributed by atoms with Gasteiger partial charge in [0.25, 0.3) is 0 Å². The lowest BCUT2D eigenvalue weighted by atomic mass is 10.1. The molecule has 5 nitrogen and oxygen atoms in total. The summed E-state index contributed by atoms with van der Waals surface area (Å²) < 4.78 is 0. The summed E-state index contributed by atoms with van der Waals surface area (Å²) in [4.78, 5) is 10.1. The molecule has 72 valence electrons. The highest BCUT2D eigenvalue weighted by Gasteiger charge is 2.18. The van der Waals surface area contributed by atoms with Gasteiger partial charge in [0.1, 0.15) is 0 Å². The Bertz CT molecular complexity index is 145. The highest BCUT2D eigenvalue weighted by atomic mass is 16.4. The number of hydrogen-bond acceptors (Lipinski definition) is 4. The summed E-state index contributed by atoms with van der Waals surface area (Å²) in [5, 5.41) is 35.0. The summed E-state index contributed by atoms with van der Waals surface area (Å²) in [5.41, 5.74) is 0. The molecule has 3 atom stereocenters. The van der Waals surface area contributed by atoms with Crippen LogP contribution in [0.3, 0.4) is 0 Å². The van der Waals surface area contributed by atoms with E-state index in [1.54, 1.807) is 0 Å². The van der Waals surface area contributed by atoms with E-state index in [9.17, 15) is 4.79 Å². The number of carboxylic acids is 1. The lowest BCUT2D eigenvalue weighted by molar-refractivity contribution is -0.139. The molecule has 0 aliphatic heterocycles. The zero-order valence-corrected chi connectivity index (χ0v) is 6.84. The average molecular weight is 178 g/mol. The molecule has 0 fully saturated rings. The Morgan fingerprint density at radius 3 is 2.17 bits per heavy atom. The van der Waals surface area contributed by atoms with Gasteiger partial charge in [-0.15, -0.1) is 0 Å². The number of hydrogen-bond donors (Lipinski definition) is 4. The minimum atomic E-state index is -1.12. The number of aliphatic carboxylic acids is 1. The number of aliphatic hydroxyl groups excluding tert-OH is 3. The van der Waals surface area contributed by atoms with Crippen LogP contribution in [0.25, 0.3) is 0 Å². The maximum atomic E-state index is 10.1. The predicted octanol–water partition coefficient (Wildman–Crippen LogP) is -1.05. The lowest BCUT2D eigenvalue weighted by Crippen LogP contribution is -2.28. The second kappa shape index (κ2) is 5.08. The van der Waals surface area contributed by atoms with Crippen molar-refractivity contribution in [2.75, 3.05) is 0 Å². The lowest BCUT2D eigenvalue weighted by Gasteiger charge is -2.16. The Morgan fingerprint density at radius 1 is 1.33 bits per heavy atom. The molecule has 0 aromatic rings. The maximum Gasteiger partial charge on any atom is 0.305 e. The van der Waals surface area contributed by atoms with Crippen LogP contribution >= 0.6 is 0 Å². The van der Waals surface area contributed by atoms with Crippen molar-refractivity contribution in [3.8, 4) is 0 Å². The summed E-state index contributed by atoms with van der Waals surface area (Å²) in [6.07, 6.45) is -3.66. The van der Waals surface area contributed by atoms with Gasteiger partial charge < -0.3 is 20.4 Å². The number of carbonyl (C=O) groups is 1. The molecule has 0 aromatic carbocycles. The summed E-state index contributed by atoms with van der Waals surface area (Å²) in [6, 6.07) is 0. The van der Waals surface area contributed by atoms with Crippen LogP contribution in [0.1, 0.15) is 19.8 Å². The van der Waals surface area contributed by atoms with Crippen LogP contribution in [-0.4, -0.2) is 44.7 Å². The van der Waals surface area contributed by atoms with Crippen molar-refractivity contribution in [3.63, 3.8) is 0 Å². The molecule has 0 saturated heterocycles. The number of carboxylic acid groups (broad SMARTS) is 1. The van der Waals surface area contributed by atoms with E-state index >= 15 is 0 Å². The first-order chi connectivity index (χ1) is 5.43. The van der Waals surface area contributed by atoms with Crippen molar-refractivity contribution in [2.24, 2.45) is 0 Å². The fourth-order valence-electron chi connectivity index (χ4n) is 0.761. The van der Waals surface area contributed by atoms with E-state index in [4.69, 9.17) is 20.4 Å². The van der Waals surface area contributed by atoms with Gasteiger partial charge in [0.2, 0.25) is 0 Å². The monoisotopic (exact) mass is 178 g/mol.